The van der Waals surface area contributed by atoms with Crippen molar-refractivity contribution >= 4 is 6.09 Å². The Kier molecular flexibility index (Phi) is 11.2. The highest BCUT2D eigenvalue weighted by Crippen LogP contribution is 2.48. The first-order valence-corrected chi connectivity index (χ1v) is 11.9. The van der Waals surface area contributed by atoms with E-state index in [1.165, 1.54) is 14.2 Å². The Balaban J connectivity index is 3.74. The largest absolute Gasteiger partial charge is 0.489 e. The molecular weight excluding hydrogens is 424 g/mol. The van der Waals surface area contributed by atoms with E-state index >= 15 is 0 Å². The summed E-state index contributed by atoms with van der Waals surface area (Å²) in [5.74, 6) is 0.759. The zero-order valence-electron chi connectivity index (χ0n) is 22.3. The molecule has 0 aliphatic rings. The molecule has 0 fully saturated rings. The van der Waals surface area contributed by atoms with Crippen molar-refractivity contribution in [1.29, 1.82) is 0 Å². The monoisotopic (exact) mass is 468 g/mol. The fourth-order valence-corrected chi connectivity index (χ4v) is 3.89. The number of hydrogen-bond donors (Lipinski definition) is 1. The van der Waals surface area contributed by atoms with Gasteiger partial charge in [-0.05, 0) is 59.8 Å². The Bertz CT molecular complexity index is 758. The van der Waals surface area contributed by atoms with E-state index in [0.29, 0.717) is 5.92 Å². The molecule has 0 aliphatic heterocycles. The van der Waals surface area contributed by atoms with Gasteiger partial charge in [-0.15, -0.1) is 0 Å². The van der Waals surface area contributed by atoms with Gasteiger partial charge in [-0.25, -0.2) is 4.79 Å². The lowest BCUT2D eigenvalue weighted by Crippen LogP contribution is -2.43. The Labute approximate surface area is 199 Å². The summed E-state index contributed by atoms with van der Waals surface area (Å²) in [4.78, 5) is 19.3. The number of rotatable bonds is 12. The van der Waals surface area contributed by atoms with E-state index < -0.39 is 12.2 Å². The lowest BCUT2D eigenvalue weighted by atomic mass is 9.88. The number of amides is 1. The van der Waals surface area contributed by atoms with E-state index in [1.807, 2.05) is 48.5 Å². The maximum atomic E-state index is 13.2. The quantitative estimate of drug-likeness (QED) is 0.426. The fourth-order valence-electron chi connectivity index (χ4n) is 3.89. The van der Waals surface area contributed by atoms with Gasteiger partial charge in [-0.2, -0.15) is 4.98 Å². The number of carbonyl (C=O) groups is 1. The van der Waals surface area contributed by atoms with Crippen molar-refractivity contribution in [2.45, 2.75) is 99.4 Å². The first-order chi connectivity index (χ1) is 15.4. The average molecular weight is 469 g/mol. The van der Waals surface area contributed by atoms with Crippen LogP contribution in [0.15, 0.2) is 0 Å². The highest BCUT2D eigenvalue weighted by Gasteiger charge is 2.35. The van der Waals surface area contributed by atoms with Crippen molar-refractivity contribution < 1.29 is 28.8 Å². The van der Waals surface area contributed by atoms with Gasteiger partial charge in [-0.1, -0.05) is 27.2 Å². The predicted octanol–water partition coefficient (Wildman–Crippen LogP) is 5.61. The molecule has 0 radical (unpaired) electrons. The van der Waals surface area contributed by atoms with Gasteiger partial charge in [0, 0.05) is 12.1 Å². The van der Waals surface area contributed by atoms with Crippen LogP contribution in [0, 0.1) is 11.8 Å². The maximum Gasteiger partial charge on any atom is 0.415 e. The minimum atomic E-state index is -0.991. The average Bonchev–Trinajstić information content (AvgIpc) is 2.71. The van der Waals surface area contributed by atoms with Crippen molar-refractivity contribution in [3.63, 3.8) is 0 Å². The van der Waals surface area contributed by atoms with Crippen LogP contribution in [0.4, 0.5) is 4.79 Å². The molecule has 0 saturated carbocycles. The van der Waals surface area contributed by atoms with Crippen molar-refractivity contribution in [2.24, 2.45) is 11.8 Å². The number of aliphatic hydroxyl groups excluding tert-OH is 1. The molecule has 1 N–H and O–H groups in total. The van der Waals surface area contributed by atoms with E-state index in [-0.39, 0.29) is 52.9 Å². The number of aromatic nitrogens is 1. The normalized spacial score (nSPS) is 14.3. The highest BCUT2D eigenvalue weighted by atomic mass is 16.6. The predicted molar refractivity (Wildman–Crippen MR) is 129 cm³/mol. The van der Waals surface area contributed by atoms with E-state index in [0.717, 1.165) is 12.8 Å². The van der Waals surface area contributed by atoms with Crippen LogP contribution in [0.1, 0.15) is 86.8 Å². The molecule has 3 unspecified atom stereocenters. The molecule has 0 aliphatic carbocycles. The zero-order valence-corrected chi connectivity index (χ0v) is 22.3. The summed E-state index contributed by atoms with van der Waals surface area (Å²) in [5.41, 5.74) is 0.290. The van der Waals surface area contributed by atoms with Crippen LogP contribution in [-0.4, -0.2) is 53.5 Å². The summed E-state index contributed by atoms with van der Waals surface area (Å²) in [6, 6.07) is -0.173. The third-order valence-electron chi connectivity index (χ3n) is 5.64. The molecule has 1 aromatic heterocycles. The first kappa shape index (κ1) is 28.8. The van der Waals surface area contributed by atoms with Crippen molar-refractivity contribution in [2.75, 3.05) is 14.2 Å². The molecule has 3 atom stereocenters. The van der Waals surface area contributed by atoms with Gasteiger partial charge >= 0.3 is 6.09 Å². The van der Waals surface area contributed by atoms with Gasteiger partial charge in [0.15, 0.2) is 5.75 Å². The summed E-state index contributed by atoms with van der Waals surface area (Å²) < 4.78 is 22.8. The van der Waals surface area contributed by atoms with Gasteiger partial charge in [0.1, 0.15) is 0 Å². The standard InChI is InChI=1S/C25H44N2O6/c1-12-17(8)13-18(9)20(28)19-21(33-25(29)27(14(2)3)15(4)5)22(30-10)24(31-11)26-23(19)32-16(6)7/h14-18,20,28H,12-13H2,1-11H3. The van der Waals surface area contributed by atoms with Crippen LogP contribution in [0.2, 0.25) is 0 Å². The van der Waals surface area contributed by atoms with Crippen LogP contribution in [0.3, 0.4) is 0 Å². The molecule has 0 spiro atoms. The van der Waals surface area contributed by atoms with E-state index in [1.54, 1.807) is 4.90 Å². The van der Waals surface area contributed by atoms with E-state index in [4.69, 9.17) is 18.9 Å². The second kappa shape index (κ2) is 12.9. The Hall–Kier alpha value is -2.22. The molecule has 8 nitrogen and oxygen atoms in total. The molecule has 0 saturated heterocycles. The summed E-state index contributed by atoms with van der Waals surface area (Å²) >= 11 is 0. The maximum absolute atomic E-state index is 13.2. The SMILES string of the molecule is CCC(C)CC(C)C(O)c1c(OC(C)C)nc(OC)c(OC)c1OC(=O)N(C(C)C)C(C)C. The minimum absolute atomic E-state index is 0.0693. The Morgan fingerprint density at radius 1 is 0.939 bits per heavy atom. The highest BCUT2D eigenvalue weighted by molar-refractivity contribution is 5.74. The van der Waals surface area contributed by atoms with Crippen LogP contribution in [0.5, 0.6) is 23.3 Å². The van der Waals surface area contributed by atoms with Crippen LogP contribution in [-0.2, 0) is 0 Å². The van der Waals surface area contributed by atoms with Crippen molar-refractivity contribution in [1.82, 2.24) is 9.88 Å². The molecule has 1 aromatic rings. The first-order valence-electron chi connectivity index (χ1n) is 11.9. The second-order valence-corrected chi connectivity index (χ2v) is 9.50. The molecular formula is C25H44N2O6. The summed E-state index contributed by atoms with van der Waals surface area (Å²) in [7, 11) is 2.90. The lowest BCUT2D eigenvalue weighted by Gasteiger charge is -2.31. The smallest absolute Gasteiger partial charge is 0.415 e. The summed E-state index contributed by atoms with van der Waals surface area (Å²) in [6.07, 6.45) is 0.0122. The fraction of sp³-hybridized carbons (Fsp3) is 0.760. The molecule has 33 heavy (non-hydrogen) atoms. The number of pyridine rings is 1. The Morgan fingerprint density at radius 3 is 1.94 bits per heavy atom. The molecule has 0 bridgehead atoms. The molecule has 1 rings (SSSR count). The van der Waals surface area contributed by atoms with Crippen LogP contribution in [0.25, 0.3) is 0 Å². The van der Waals surface area contributed by atoms with Gasteiger partial charge in [0.25, 0.3) is 5.88 Å². The number of hydrogen-bond acceptors (Lipinski definition) is 7. The third kappa shape index (κ3) is 7.39. The van der Waals surface area contributed by atoms with Gasteiger partial charge in [-0.3, -0.25) is 0 Å². The van der Waals surface area contributed by atoms with Crippen LogP contribution >= 0.6 is 0 Å². The zero-order chi connectivity index (χ0) is 25.5. The molecule has 8 heteroatoms. The number of methoxy groups -OCH3 is 2. The van der Waals surface area contributed by atoms with Gasteiger partial charge in [0.05, 0.1) is 32.0 Å². The van der Waals surface area contributed by atoms with Crippen LogP contribution < -0.4 is 18.9 Å². The number of carbonyl (C=O) groups excluding carboxylic acids is 1. The summed E-state index contributed by atoms with van der Waals surface area (Å²) in [6.45, 7) is 17.6. The molecule has 190 valence electrons. The van der Waals surface area contributed by atoms with Gasteiger partial charge < -0.3 is 29.0 Å². The topological polar surface area (TPSA) is 90.4 Å². The third-order valence-corrected chi connectivity index (χ3v) is 5.64. The minimum Gasteiger partial charge on any atom is -0.489 e. The summed E-state index contributed by atoms with van der Waals surface area (Å²) in [5, 5.41) is 11.4. The number of nitrogens with zero attached hydrogens (tertiary/aromatic N) is 2. The van der Waals surface area contributed by atoms with Gasteiger partial charge in [0.2, 0.25) is 11.6 Å². The number of ether oxygens (including phenoxy) is 4. The molecule has 1 heterocycles. The molecule has 1 amide bonds. The Morgan fingerprint density at radius 2 is 1.52 bits per heavy atom. The lowest BCUT2D eigenvalue weighted by molar-refractivity contribution is 0.0885. The van der Waals surface area contributed by atoms with Crippen molar-refractivity contribution in [3.05, 3.63) is 5.56 Å². The van der Waals surface area contributed by atoms with E-state index in [9.17, 15) is 9.90 Å². The number of aliphatic hydroxyl groups is 1. The van der Waals surface area contributed by atoms with Crippen molar-refractivity contribution in [3.8, 4) is 23.3 Å². The molecule has 0 aromatic carbocycles. The second-order valence-electron chi connectivity index (χ2n) is 9.50. The van der Waals surface area contributed by atoms with E-state index in [2.05, 4.69) is 18.8 Å².